The van der Waals surface area contributed by atoms with Crippen molar-refractivity contribution in [3.8, 4) is 0 Å². The molecule has 0 aliphatic heterocycles. The minimum absolute atomic E-state index is 0.929. The van der Waals surface area contributed by atoms with Gasteiger partial charge in [0.1, 0.15) is 6.61 Å². The van der Waals surface area contributed by atoms with Crippen LogP contribution in [0.5, 0.6) is 0 Å². The lowest BCUT2D eigenvalue weighted by atomic mass is 10.7. The van der Waals surface area contributed by atoms with E-state index in [4.69, 9.17) is 5.11 Å². The maximum Gasteiger partial charge on any atom is 0.508 e. The smallest absolute Gasteiger partial charge is 0.438 e. The van der Waals surface area contributed by atoms with Gasteiger partial charge in [-0.1, -0.05) is 0 Å². The molecule has 0 aromatic carbocycles. The topological polar surface area (TPSA) is 55.8 Å². The van der Waals surface area contributed by atoms with Gasteiger partial charge < -0.3 is 14.6 Å². The Kier molecular flexibility index (Phi) is 7.69. The quantitative estimate of drug-likeness (QED) is 0.576. The average molecular weight is 258 g/mol. The third kappa shape index (κ3) is 18.6. The molecule has 0 spiro atoms. The zero-order chi connectivity index (χ0) is 13.4. The summed E-state index contributed by atoms with van der Waals surface area (Å²) >= 11 is 0. The second-order valence-corrected chi connectivity index (χ2v) is 2.13. The average Bonchev–Trinajstić information content (AvgIpc) is 2.13. The Bertz CT molecular complexity index is 198. The summed E-state index contributed by atoms with van der Waals surface area (Å²) < 4.78 is 72.6. The Morgan fingerprint density at radius 3 is 1.69 bits per heavy atom. The summed E-state index contributed by atoms with van der Waals surface area (Å²) in [5.41, 5.74) is 0. The van der Waals surface area contributed by atoms with E-state index < -0.39 is 31.7 Å². The number of methoxy groups -OCH3 is 1. The van der Waals surface area contributed by atoms with Crippen molar-refractivity contribution in [1.29, 1.82) is 0 Å². The number of carbonyl (C=O) groups excluding carboxylic acids is 1. The SMILES string of the molecule is COC(=O)OCC(F)(F)F.OCC(F)(F)F. The van der Waals surface area contributed by atoms with Gasteiger partial charge in [0.15, 0.2) is 6.61 Å². The first-order valence-electron chi connectivity index (χ1n) is 3.47. The lowest BCUT2D eigenvalue weighted by Gasteiger charge is -2.05. The van der Waals surface area contributed by atoms with E-state index in [-0.39, 0.29) is 0 Å². The fourth-order valence-electron chi connectivity index (χ4n) is 0.200. The Morgan fingerprint density at radius 1 is 1.12 bits per heavy atom. The zero-order valence-electron chi connectivity index (χ0n) is 7.85. The molecular formula is C6H8F6O4. The Hall–Kier alpha value is -1.19. The van der Waals surface area contributed by atoms with Crippen molar-refractivity contribution in [1.82, 2.24) is 0 Å². The number of hydrogen-bond donors (Lipinski definition) is 1. The largest absolute Gasteiger partial charge is 0.508 e. The van der Waals surface area contributed by atoms with E-state index in [0.29, 0.717) is 0 Å². The molecule has 4 nitrogen and oxygen atoms in total. The lowest BCUT2D eigenvalue weighted by molar-refractivity contribution is -0.164. The summed E-state index contributed by atoms with van der Waals surface area (Å²) in [4.78, 5) is 9.91. The second-order valence-electron chi connectivity index (χ2n) is 2.13. The number of aliphatic hydroxyl groups is 1. The summed E-state index contributed by atoms with van der Waals surface area (Å²) in [6, 6.07) is 0. The summed E-state index contributed by atoms with van der Waals surface area (Å²) in [6.45, 7) is -3.34. The standard InChI is InChI=1S/C4H5F3O3.C2H3F3O/c1-9-3(8)10-2-4(5,6)7;3-2(4,5)1-6/h2H2,1H3;6H,1H2. The maximum absolute atomic E-state index is 11.2. The molecular weight excluding hydrogens is 250 g/mol. The van der Waals surface area contributed by atoms with Gasteiger partial charge in [0.2, 0.25) is 0 Å². The molecule has 98 valence electrons. The van der Waals surface area contributed by atoms with Crippen molar-refractivity contribution in [2.24, 2.45) is 0 Å². The molecule has 0 aliphatic rings. The first-order valence-corrected chi connectivity index (χ1v) is 3.47. The highest BCUT2D eigenvalue weighted by Crippen LogP contribution is 2.14. The van der Waals surface area contributed by atoms with Gasteiger partial charge in [0, 0.05) is 0 Å². The van der Waals surface area contributed by atoms with Gasteiger partial charge in [-0.3, -0.25) is 0 Å². The van der Waals surface area contributed by atoms with Crippen molar-refractivity contribution < 1.29 is 45.7 Å². The number of aliphatic hydroxyl groups excluding tert-OH is 1. The summed E-state index contributed by atoms with van der Waals surface area (Å²) in [5.74, 6) is 0. The molecule has 0 radical (unpaired) electrons. The molecule has 0 saturated carbocycles. The van der Waals surface area contributed by atoms with Crippen LogP contribution in [0.2, 0.25) is 0 Å². The predicted molar refractivity (Wildman–Crippen MR) is 37.6 cm³/mol. The molecule has 0 saturated heterocycles. The van der Waals surface area contributed by atoms with Crippen LogP contribution in [0.3, 0.4) is 0 Å². The number of halogens is 6. The number of rotatable bonds is 1. The van der Waals surface area contributed by atoms with Gasteiger partial charge in [-0.2, -0.15) is 26.3 Å². The van der Waals surface area contributed by atoms with Crippen molar-refractivity contribution in [2.75, 3.05) is 20.3 Å². The fourth-order valence-corrected chi connectivity index (χ4v) is 0.200. The van der Waals surface area contributed by atoms with E-state index >= 15 is 0 Å². The van der Waals surface area contributed by atoms with Gasteiger partial charge in [-0.25, -0.2) is 4.79 Å². The highest BCUT2D eigenvalue weighted by molar-refractivity contribution is 5.59. The molecule has 0 aliphatic carbocycles. The molecule has 0 atom stereocenters. The number of carbonyl (C=O) groups is 1. The van der Waals surface area contributed by atoms with Crippen molar-refractivity contribution in [3.05, 3.63) is 0 Å². The number of ether oxygens (including phenoxy) is 2. The molecule has 0 bridgehead atoms. The molecule has 0 unspecified atom stereocenters. The first-order chi connectivity index (χ1) is 7.02. The molecule has 0 rings (SSSR count). The van der Waals surface area contributed by atoms with Crippen LogP contribution in [0.15, 0.2) is 0 Å². The maximum atomic E-state index is 11.2. The van der Waals surface area contributed by atoms with Crippen molar-refractivity contribution in [3.63, 3.8) is 0 Å². The lowest BCUT2D eigenvalue weighted by Crippen LogP contribution is -2.20. The molecule has 10 heteroatoms. The minimum atomic E-state index is -4.49. The molecule has 0 aromatic heterocycles. The van der Waals surface area contributed by atoms with Gasteiger partial charge in [0.05, 0.1) is 7.11 Å². The van der Waals surface area contributed by atoms with E-state index in [2.05, 4.69) is 9.47 Å². The van der Waals surface area contributed by atoms with Crippen molar-refractivity contribution >= 4 is 6.16 Å². The molecule has 0 aromatic rings. The van der Waals surface area contributed by atoms with Crippen LogP contribution in [0.25, 0.3) is 0 Å². The number of alkyl halides is 6. The number of hydrogen-bond acceptors (Lipinski definition) is 4. The van der Waals surface area contributed by atoms with Crippen LogP contribution in [0.1, 0.15) is 0 Å². The highest BCUT2D eigenvalue weighted by atomic mass is 19.4. The summed E-state index contributed by atoms with van der Waals surface area (Å²) in [7, 11) is 0.929. The van der Waals surface area contributed by atoms with Crippen LogP contribution < -0.4 is 0 Å². The monoisotopic (exact) mass is 258 g/mol. The predicted octanol–water partition coefficient (Wildman–Crippen LogP) is 1.87. The molecule has 16 heavy (non-hydrogen) atoms. The third-order valence-electron chi connectivity index (χ3n) is 0.700. The Morgan fingerprint density at radius 2 is 1.50 bits per heavy atom. The van der Waals surface area contributed by atoms with E-state index in [1.807, 2.05) is 0 Å². The van der Waals surface area contributed by atoms with E-state index in [1.165, 1.54) is 0 Å². The first kappa shape index (κ1) is 17.2. The third-order valence-corrected chi connectivity index (χ3v) is 0.700. The summed E-state index contributed by atoms with van der Waals surface area (Å²) in [6.07, 6.45) is -10.2. The van der Waals surface area contributed by atoms with E-state index in [9.17, 15) is 31.1 Å². The van der Waals surface area contributed by atoms with Crippen LogP contribution in [0.4, 0.5) is 31.1 Å². The van der Waals surface area contributed by atoms with Crippen LogP contribution in [-0.4, -0.2) is 43.9 Å². The Labute approximate surface area is 85.7 Å². The fraction of sp³-hybridized carbons (Fsp3) is 0.833. The Balaban J connectivity index is 0. The van der Waals surface area contributed by atoms with Crippen molar-refractivity contribution in [2.45, 2.75) is 12.4 Å². The molecule has 0 fully saturated rings. The van der Waals surface area contributed by atoms with E-state index in [0.717, 1.165) is 7.11 Å². The van der Waals surface area contributed by atoms with Crippen LogP contribution in [-0.2, 0) is 9.47 Å². The van der Waals surface area contributed by atoms with Gasteiger partial charge in [-0.05, 0) is 0 Å². The zero-order valence-corrected chi connectivity index (χ0v) is 7.85. The van der Waals surface area contributed by atoms with Crippen LogP contribution >= 0.6 is 0 Å². The molecule has 0 heterocycles. The summed E-state index contributed by atoms with van der Waals surface area (Å²) in [5, 5.41) is 7.28. The molecule has 0 amide bonds. The van der Waals surface area contributed by atoms with Gasteiger partial charge in [0.25, 0.3) is 0 Å². The van der Waals surface area contributed by atoms with Crippen LogP contribution in [0, 0.1) is 0 Å². The minimum Gasteiger partial charge on any atom is -0.438 e. The van der Waals surface area contributed by atoms with E-state index in [1.54, 1.807) is 0 Å². The van der Waals surface area contributed by atoms with Gasteiger partial charge >= 0.3 is 18.5 Å². The molecule has 1 N–H and O–H groups in total. The normalized spacial score (nSPS) is 11.2. The van der Waals surface area contributed by atoms with Gasteiger partial charge in [-0.15, -0.1) is 0 Å². The highest BCUT2D eigenvalue weighted by Gasteiger charge is 2.29. The second kappa shape index (κ2) is 7.14.